The van der Waals surface area contributed by atoms with Gasteiger partial charge in [-0.3, -0.25) is 10.4 Å². The first-order chi connectivity index (χ1) is 8.79. The molecule has 0 radical (unpaired) electrons. The predicted octanol–water partition coefficient (Wildman–Crippen LogP) is 1.60. The molecule has 18 heavy (non-hydrogen) atoms. The van der Waals surface area contributed by atoms with Crippen LogP contribution >= 0.6 is 0 Å². The van der Waals surface area contributed by atoms with E-state index in [1.54, 1.807) is 0 Å². The fourth-order valence-electron chi connectivity index (χ4n) is 1.40. The standard InChI is InChI=1S/C12H11N5O/c13-6-10-8-15-17-11(10)16-12(18)14-7-9-4-2-1-3-5-9/h1-5,8H,7H2,(H3,14,15,16,17,18). The number of aromatic amines is 1. The molecule has 0 aliphatic carbocycles. The molecule has 1 aromatic carbocycles. The Balaban J connectivity index is 1.88. The summed E-state index contributed by atoms with van der Waals surface area (Å²) in [4.78, 5) is 11.6. The van der Waals surface area contributed by atoms with Gasteiger partial charge in [-0.05, 0) is 5.56 Å². The van der Waals surface area contributed by atoms with Gasteiger partial charge in [0.1, 0.15) is 17.5 Å². The van der Waals surface area contributed by atoms with E-state index in [1.165, 1.54) is 6.20 Å². The number of carbonyl (C=O) groups is 1. The van der Waals surface area contributed by atoms with Crippen LogP contribution in [0.25, 0.3) is 0 Å². The van der Waals surface area contributed by atoms with Crippen molar-refractivity contribution in [3.05, 3.63) is 47.7 Å². The van der Waals surface area contributed by atoms with E-state index < -0.39 is 0 Å². The summed E-state index contributed by atoms with van der Waals surface area (Å²) in [6.45, 7) is 0.419. The van der Waals surface area contributed by atoms with Crippen LogP contribution in [-0.2, 0) is 6.54 Å². The highest BCUT2D eigenvalue weighted by Crippen LogP contribution is 2.08. The summed E-state index contributed by atoms with van der Waals surface area (Å²) in [7, 11) is 0. The number of nitriles is 1. The minimum atomic E-state index is -0.389. The summed E-state index contributed by atoms with van der Waals surface area (Å²) < 4.78 is 0. The molecule has 90 valence electrons. The second-order valence-corrected chi connectivity index (χ2v) is 3.56. The Labute approximate surface area is 104 Å². The Morgan fingerprint density at radius 2 is 2.17 bits per heavy atom. The van der Waals surface area contributed by atoms with Gasteiger partial charge < -0.3 is 5.32 Å². The summed E-state index contributed by atoms with van der Waals surface area (Å²) in [6, 6.07) is 11.1. The third kappa shape index (κ3) is 2.86. The maximum absolute atomic E-state index is 11.6. The number of hydrogen-bond donors (Lipinski definition) is 3. The highest BCUT2D eigenvalue weighted by Gasteiger charge is 2.07. The van der Waals surface area contributed by atoms with Crippen molar-refractivity contribution in [3.8, 4) is 6.07 Å². The average Bonchev–Trinajstić information content (AvgIpc) is 2.85. The predicted molar refractivity (Wildman–Crippen MR) is 65.6 cm³/mol. The molecule has 0 aliphatic heterocycles. The number of anilines is 1. The SMILES string of the molecule is N#Cc1cn[nH]c1NC(=O)NCc1ccccc1. The average molecular weight is 241 g/mol. The molecule has 1 aromatic heterocycles. The number of H-pyrrole nitrogens is 1. The van der Waals surface area contributed by atoms with Crippen LogP contribution in [-0.4, -0.2) is 16.2 Å². The van der Waals surface area contributed by atoms with Crippen molar-refractivity contribution >= 4 is 11.8 Å². The lowest BCUT2D eigenvalue weighted by Crippen LogP contribution is -2.28. The van der Waals surface area contributed by atoms with Gasteiger partial charge in [0.25, 0.3) is 0 Å². The largest absolute Gasteiger partial charge is 0.334 e. The van der Waals surface area contributed by atoms with Gasteiger partial charge in [-0.15, -0.1) is 0 Å². The van der Waals surface area contributed by atoms with Crippen molar-refractivity contribution in [1.29, 1.82) is 5.26 Å². The molecule has 1 heterocycles. The quantitative estimate of drug-likeness (QED) is 0.761. The number of nitrogens with one attached hydrogen (secondary N) is 3. The van der Waals surface area contributed by atoms with Crippen LogP contribution in [0.2, 0.25) is 0 Å². The van der Waals surface area contributed by atoms with E-state index in [-0.39, 0.29) is 6.03 Å². The molecule has 2 rings (SSSR count). The van der Waals surface area contributed by atoms with Crippen molar-refractivity contribution in [3.63, 3.8) is 0 Å². The second-order valence-electron chi connectivity index (χ2n) is 3.56. The van der Waals surface area contributed by atoms with Crippen LogP contribution in [0.15, 0.2) is 36.5 Å². The summed E-state index contributed by atoms with van der Waals surface area (Å²) in [5.74, 6) is 0.295. The minimum absolute atomic E-state index is 0.295. The normalized spacial score (nSPS) is 9.50. The maximum Gasteiger partial charge on any atom is 0.320 e. The summed E-state index contributed by atoms with van der Waals surface area (Å²) in [5, 5.41) is 20.2. The topological polar surface area (TPSA) is 93.6 Å². The smallest absolute Gasteiger partial charge is 0.320 e. The van der Waals surface area contributed by atoms with Crippen LogP contribution in [0.4, 0.5) is 10.6 Å². The molecule has 0 bridgehead atoms. The molecule has 0 saturated heterocycles. The minimum Gasteiger partial charge on any atom is -0.334 e. The number of aromatic nitrogens is 2. The van der Waals surface area contributed by atoms with Crippen molar-refractivity contribution in [2.75, 3.05) is 5.32 Å². The molecular formula is C12H11N5O. The van der Waals surface area contributed by atoms with Gasteiger partial charge in [-0.25, -0.2) is 4.79 Å². The fourth-order valence-corrected chi connectivity index (χ4v) is 1.40. The number of hydrogen-bond acceptors (Lipinski definition) is 3. The molecule has 6 nitrogen and oxygen atoms in total. The van der Waals surface area contributed by atoms with E-state index in [2.05, 4.69) is 20.8 Å². The van der Waals surface area contributed by atoms with E-state index in [9.17, 15) is 4.79 Å². The summed E-state index contributed by atoms with van der Waals surface area (Å²) in [6.07, 6.45) is 1.35. The van der Waals surface area contributed by atoms with Crippen LogP contribution in [0, 0.1) is 11.3 Å². The number of carbonyl (C=O) groups excluding carboxylic acids is 1. The Kier molecular flexibility index (Phi) is 3.56. The van der Waals surface area contributed by atoms with E-state index in [0.717, 1.165) is 5.56 Å². The van der Waals surface area contributed by atoms with Gasteiger partial charge in [-0.1, -0.05) is 30.3 Å². The third-order valence-corrected chi connectivity index (χ3v) is 2.29. The van der Waals surface area contributed by atoms with Crippen LogP contribution in [0.5, 0.6) is 0 Å². The monoisotopic (exact) mass is 241 g/mol. The molecule has 2 aromatic rings. The lowest BCUT2D eigenvalue weighted by atomic mass is 10.2. The number of nitrogens with zero attached hydrogens (tertiary/aromatic N) is 2. The summed E-state index contributed by atoms with van der Waals surface area (Å²) >= 11 is 0. The van der Waals surface area contributed by atoms with Crippen molar-refractivity contribution < 1.29 is 4.79 Å². The Hall–Kier alpha value is -2.81. The molecule has 0 saturated carbocycles. The van der Waals surface area contributed by atoms with Crippen LogP contribution < -0.4 is 10.6 Å². The molecule has 2 amide bonds. The van der Waals surface area contributed by atoms with Gasteiger partial charge in [0, 0.05) is 6.54 Å². The first-order valence-electron chi connectivity index (χ1n) is 5.32. The number of urea groups is 1. The summed E-state index contributed by atoms with van der Waals surface area (Å²) in [5.41, 5.74) is 1.29. The highest BCUT2D eigenvalue weighted by molar-refractivity contribution is 5.89. The lowest BCUT2D eigenvalue weighted by Gasteiger charge is -2.06. The van der Waals surface area contributed by atoms with Gasteiger partial charge in [0.05, 0.1) is 6.20 Å². The van der Waals surface area contributed by atoms with Gasteiger partial charge >= 0.3 is 6.03 Å². The van der Waals surface area contributed by atoms with Gasteiger partial charge in [0.2, 0.25) is 0 Å². The molecule has 0 atom stereocenters. The molecule has 0 fully saturated rings. The number of rotatable bonds is 3. The van der Waals surface area contributed by atoms with Crippen molar-refractivity contribution in [2.45, 2.75) is 6.54 Å². The second kappa shape index (κ2) is 5.50. The molecule has 6 heteroatoms. The van der Waals surface area contributed by atoms with E-state index in [1.807, 2.05) is 36.4 Å². The number of benzene rings is 1. The number of amides is 2. The molecular weight excluding hydrogens is 230 g/mol. The molecule has 3 N–H and O–H groups in total. The first-order valence-corrected chi connectivity index (χ1v) is 5.32. The zero-order chi connectivity index (χ0) is 12.8. The Morgan fingerprint density at radius 1 is 1.39 bits per heavy atom. The van der Waals surface area contributed by atoms with Gasteiger partial charge in [-0.2, -0.15) is 10.4 Å². The zero-order valence-electron chi connectivity index (χ0n) is 9.47. The van der Waals surface area contributed by atoms with Crippen LogP contribution in [0.1, 0.15) is 11.1 Å². The highest BCUT2D eigenvalue weighted by atomic mass is 16.2. The Morgan fingerprint density at radius 3 is 2.89 bits per heavy atom. The molecule has 0 aliphatic rings. The fraction of sp³-hybridized carbons (Fsp3) is 0.0833. The molecule has 0 spiro atoms. The zero-order valence-corrected chi connectivity index (χ0v) is 9.47. The first kappa shape index (κ1) is 11.7. The Bertz CT molecular complexity index is 570. The maximum atomic E-state index is 11.6. The van der Waals surface area contributed by atoms with Crippen molar-refractivity contribution in [1.82, 2.24) is 15.5 Å². The third-order valence-electron chi connectivity index (χ3n) is 2.29. The molecule has 0 unspecified atom stereocenters. The lowest BCUT2D eigenvalue weighted by molar-refractivity contribution is 0.251. The van der Waals surface area contributed by atoms with Crippen molar-refractivity contribution in [2.24, 2.45) is 0 Å². The van der Waals surface area contributed by atoms with E-state index in [0.29, 0.717) is 17.9 Å². The van der Waals surface area contributed by atoms with E-state index in [4.69, 9.17) is 5.26 Å². The van der Waals surface area contributed by atoms with Crippen LogP contribution in [0.3, 0.4) is 0 Å². The van der Waals surface area contributed by atoms with E-state index >= 15 is 0 Å². The van der Waals surface area contributed by atoms with Gasteiger partial charge in [0.15, 0.2) is 0 Å².